The first-order valence-corrected chi connectivity index (χ1v) is 17.7. The van der Waals surface area contributed by atoms with Crippen molar-refractivity contribution in [2.45, 2.75) is 19.3 Å². The molecule has 1 aliphatic rings. The van der Waals surface area contributed by atoms with E-state index in [9.17, 15) is 0 Å². The Kier molecular flexibility index (Phi) is 5.33. The van der Waals surface area contributed by atoms with Crippen molar-refractivity contribution in [1.29, 1.82) is 0 Å². The minimum atomic E-state index is -0.147. The number of nitrogens with zero attached hydrogens (tertiary/aromatic N) is 3. The molecule has 3 nitrogen and oxygen atoms in total. The Morgan fingerprint density at radius 2 is 1.29 bits per heavy atom. The van der Waals surface area contributed by atoms with Crippen LogP contribution in [0.5, 0.6) is 0 Å². The molecule has 1 aliphatic carbocycles. The number of fused-ring (bicyclic) bond motifs is 10. The van der Waals surface area contributed by atoms with Gasteiger partial charge in [0.15, 0.2) is 0 Å². The largest absolute Gasteiger partial charge is 0.277 e. The highest BCUT2D eigenvalue weighted by Crippen LogP contribution is 2.48. The minimum absolute atomic E-state index is 0.147. The zero-order valence-corrected chi connectivity index (χ0v) is 27.8. The van der Waals surface area contributed by atoms with Gasteiger partial charge >= 0.3 is 0 Å². The molecule has 0 aliphatic heterocycles. The van der Waals surface area contributed by atoms with E-state index in [0.29, 0.717) is 5.95 Å². The number of aromatic nitrogens is 3. The Morgan fingerprint density at radius 3 is 2.20 bits per heavy atom. The van der Waals surface area contributed by atoms with Crippen molar-refractivity contribution < 1.29 is 0 Å². The van der Waals surface area contributed by atoms with E-state index < -0.39 is 0 Å². The maximum absolute atomic E-state index is 5.48. The third kappa shape index (κ3) is 3.67. The first-order chi connectivity index (χ1) is 24.0. The first kappa shape index (κ1) is 27.1. The summed E-state index contributed by atoms with van der Waals surface area (Å²) in [6.07, 6.45) is 0. The average Bonchev–Trinajstić information content (AvgIpc) is 3.69. The fraction of sp³-hybridized carbons (Fsp3) is 0.0667. The molecule has 0 amide bonds. The third-order valence-corrected chi connectivity index (χ3v) is 12.0. The molecule has 7 aromatic carbocycles. The molecule has 11 rings (SSSR count). The van der Waals surface area contributed by atoms with Gasteiger partial charge in [0.1, 0.15) is 0 Å². The second-order valence-electron chi connectivity index (χ2n) is 13.8. The molecule has 0 saturated heterocycles. The molecule has 0 spiro atoms. The Balaban J connectivity index is 1.22. The van der Waals surface area contributed by atoms with Crippen LogP contribution in [0.25, 0.3) is 92.0 Å². The number of rotatable bonds is 2. The van der Waals surface area contributed by atoms with E-state index in [1.165, 1.54) is 69.5 Å². The van der Waals surface area contributed by atoms with Crippen molar-refractivity contribution in [1.82, 2.24) is 14.5 Å². The van der Waals surface area contributed by atoms with E-state index in [0.717, 1.165) is 27.6 Å². The highest BCUT2D eigenvalue weighted by molar-refractivity contribution is 7.25. The van der Waals surface area contributed by atoms with Crippen LogP contribution in [0, 0.1) is 0 Å². The SMILES string of the molecule is CC1(C)c2ccccc2-c2nc(-n3c4ccc(-c5ccc6sc7ccccc7c6c5)cc4c4ccc5ccccc5c43)nc3cccc1c23. The summed E-state index contributed by atoms with van der Waals surface area (Å²) in [7, 11) is 0. The van der Waals surface area contributed by atoms with Gasteiger partial charge in [0.05, 0.1) is 22.2 Å². The van der Waals surface area contributed by atoms with Crippen LogP contribution in [0.4, 0.5) is 0 Å². The number of hydrogen-bond donors (Lipinski definition) is 0. The molecule has 4 heteroatoms. The van der Waals surface area contributed by atoms with Gasteiger partial charge in [-0.3, -0.25) is 4.57 Å². The second kappa shape index (κ2) is 9.62. The van der Waals surface area contributed by atoms with Gasteiger partial charge in [-0.2, -0.15) is 0 Å². The van der Waals surface area contributed by atoms with E-state index >= 15 is 0 Å². The quantitative estimate of drug-likeness (QED) is 0.188. The molecule has 0 atom stereocenters. The molecular weight excluding hydrogens is 615 g/mol. The summed E-state index contributed by atoms with van der Waals surface area (Å²) in [6, 6.07) is 51.0. The first-order valence-electron chi connectivity index (χ1n) is 16.8. The summed E-state index contributed by atoms with van der Waals surface area (Å²) >= 11 is 1.86. The predicted molar refractivity (Wildman–Crippen MR) is 207 cm³/mol. The van der Waals surface area contributed by atoms with Crippen LogP contribution < -0.4 is 0 Å². The van der Waals surface area contributed by atoms with E-state index in [4.69, 9.17) is 9.97 Å². The van der Waals surface area contributed by atoms with Gasteiger partial charge in [0.25, 0.3) is 0 Å². The molecule has 3 aromatic heterocycles. The fourth-order valence-electron chi connectivity index (χ4n) is 8.44. The van der Waals surface area contributed by atoms with E-state index in [1.54, 1.807) is 0 Å². The number of thiophene rings is 1. The average molecular weight is 644 g/mol. The van der Waals surface area contributed by atoms with Gasteiger partial charge in [0, 0.05) is 52.7 Å². The molecule has 10 aromatic rings. The van der Waals surface area contributed by atoms with Gasteiger partial charge in [-0.1, -0.05) is 117 Å². The van der Waals surface area contributed by atoms with Gasteiger partial charge < -0.3 is 0 Å². The standard InChI is InChI=1S/C45H29N3S/c1-45(2)35-14-7-5-13-32(35)42-41-36(45)15-9-16-37(41)46-44(47-42)48-38-22-19-27(24-33(38)31-21-18-26-10-3-4-11-29(26)43(31)48)28-20-23-40-34(25-28)30-12-6-8-17-39(30)49-40/h3-25H,1-2H3. The predicted octanol–water partition coefficient (Wildman–Crippen LogP) is 12.2. The highest BCUT2D eigenvalue weighted by atomic mass is 32.1. The molecule has 3 heterocycles. The summed E-state index contributed by atoms with van der Waals surface area (Å²) in [5.74, 6) is 0.699. The number of hydrogen-bond acceptors (Lipinski definition) is 3. The molecule has 230 valence electrons. The molecule has 0 bridgehead atoms. The molecule has 0 saturated carbocycles. The van der Waals surface area contributed by atoms with Crippen molar-refractivity contribution >= 4 is 75.0 Å². The van der Waals surface area contributed by atoms with Crippen molar-refractivity contribution in [2.75, 3.05) is 0 Å². The summed E-state index contributed by atoms with van der Waals surface area (Å²) in [4.78, 5) is 10.8. The minimum Gasteiger partial charge on any atom is -0.277 e. The van der Waals surface area contributed by atoms with Crippen LogP contribution in [0.1, 0.15) is 25.0 Å². The van der Waals surface area contributed by atoms with Crippen molar-refractivity contribution in [3.05, 3.63) is 151 Å². The monoisotopic (exact) mass is 643 g/mol. The maximum Gasteiger partial charge on any atom is 0.235 e. The summed E-state index contributed by atoms with van der Waals surface area (Å²) in [5.41, 5.74) is 10.3. The van der Waals surface area contributed by atoms with Crippen LogP contribution in [0.2, 0.25) is 0 Å². The maximum atomic E-state index is 5.48. The summed E-state index contributed by atoms with van der Waals surface area (Å²) in [6.45, 7) is 4.62. The lowest BCUT2D eigenvalue weighted by Crippen LogP contribution is -2.24. The Bertz CT molecular complexity index is 3030. The van der Waals surface area contributed by atoms with Crippen molar-refractivity contribution in [3.8, 4) is 28.3 Å². The van der Waals surface area contributed by atoms with Gasteiger partial charge in [-0.25, -0.2) is 9.97 Å². The molecule has 0 radical (unpaired) electrons. The fourth-order valence-corrected chi connectivity index (χ4v) is 9.53. The van der Waals surface area contributed by atoms with Crippen LogP contribution in [-0.2, 0) is 5.41 Å². The van der Waals surface area contributed by atoms with Crippen LogP contribution >= 0.6 is 11.3 Å². The lowest BCUT2D eigenvalue weighted by atomic mass is 9.70. The van der Waals surface area contributed by atoms with E-state index in [-0.39, 0.29) is 5.41 Å². The van der Waals surface area contributed by atoms with Crippen molar-refractivity contribution in [2.24, 2.45) is 0 Å². The van der Waals surface area contributed by atoms with E-state index in [1.807, 2.05) is 11.3 Å². The summed E-state index contributed by atoms with van der Waals surface area (Å²) < 4.78 is 4.95. The number of benzene rings is 7. The van der Waals surface area contributed by atoms with Gasteiger partial charge in [-0.15, -0.1) is 11.3 Å². The molecular formula is C45H29N3S. The normalized spacial score (nSPS) is 13.7. The summed E-state index contributed by atoms with van der Waals surface area (Å²) in [5, 5.41) is 8.57. The lowest BCUT2D eigenvalue weighted by Gasteiger charge is -2.34. The lowest BCUT2D eigenvalue weighted by molar-refractivity contribution is 0.643. The van der Waals surface area contributed by atoms with Crippen LogP contribution in [-0.4, -0.2) is 14.5 Å². The molecule has 0 fully saturated rings. The molecule has 0 N–H and O–H groups in total. The zero-order chi connectivity index (χ0) is 32.4. The Morgan fingerprint density at radius 1 is 0.551 bits per heavy atom. The highest BCUT2D eigenvalue weighted by Gasteiger charge is 2.35. The van der Waals surface area contributed by atoms with E-state index in [2.05, 4.69) is 158 Å². The third-order valence-electron chi connectivity index (χ3n) is 10.8. The second-order valence-corrected chi connectivity index (χ2v) is 14.9. The topological polar surface area (TPSA) is 30.7 Å². The molecule has 49 heavy (non-hydrogen) atoms. The van der Waals surface area contributed by atoms with Gasteiger partial charge in [0.2, 0.25) is 5.95 Å². The smallest absolute Gasteiger partial charge is 0.235 e. The molecule has 0 unspecified atom stereocenters. The zero-order valence-electron chi connectivity index (χ0n) is 27.0. The Labute approximate surface area is 286 Å². The van der Waals surface area contributed by atoms with Crippen LogP contribution in [0.15, 0.2) is 140 Å². The van der Waals surface area contributed by atoms with Crippen LogP contribution in [0.3, 0.4) is 0 Å². The Hall–Kier alpha value is -5.84. The van der Waals surface area contributed by atoms with Crippen molar-refractivity contribution in [3.63, 3.8) is 0 Å². The van der Waals surface area contributed by atoms with Gasteiger partial charge in [-0.05, 0) is 64.0 Å².